The molecule has 9 nitrogen and oxygen atoms in total. The topological polar surface area (TPSA) is 145 Å². The van der Waals surface area contributed by atoms with Gasteiger partial charge in [0.25, 0.3) is 5.91 Å². The second kappa shape index (κ2) is 8.17. The number of fused-ring (bicyclic) bond motifs is 1. The number of rotatable bonds is 4. The normalized spacial score (nSPS) is 21.5. The maximum absolute atomic E-state index is 13.1. The van der Waals surface area contributed by atoms with Gasteiger partial charge in [0, 0.05) is 12.1 Å². The van der Waals surface area contributed by atoms with Crippen molar-refractivity contribution in [2.75, 3.05) is 29.5 Å². The first-order chi connectivity index (χ1) is 14.4. The van der Waals surface area contributed by atoms with E-state index in [9.17, 15) is 9.59 Å². The number of hydrogen-bond acceptors (Lipinski definition) is 7. The fraction of sp³-hybridized carbons (Fsp3) is 0.429. The molecule has 2 heterocycles. The molecule has 1 aromatic heterocycles. The fourth-order valence-electron chi connectivity index (χ4n) is 4.37. The number of carboxylic acids is 1. The van der Waals surface area contributed by atoms with Crippen LogP contribution in [0.15, 0.2) is 24.3 Å². The molecule has 1 aromatic carbocycles. The summed E-state index contributed by atoms with van der Waals surface area (Å²) >= 11 is 0. The lowest BCUT2D eigenvalue weighted by Gasteiger charge is -2.28. The molecule has 0 unspecified atom stereocenters. The van der Waals surface area contributed by atoms with E-state index in [-0.39, 0.29) is 48.1 Å². The van der Waals surface area contributed by atoms with Gasteiger partial charge in [-0.25, -0.2) is 0 Å². The third kappa shape index (κ3) is 4.00. The molecule has 1 amide bonds. The van der Waals surface area contributed by atoms with E-state index in [4.69, 9.17) is 21.3 Å². The van der Waals surface area contributed by atoms with Crippen molar-refractivity contribution in [3.63, 3.8) is 0 Å². The third-order valence-electron chi connectivity index (χ3n) is 5.92. The Balaban J connectivity index is 1.49. The lowest BCUT2D eigenvalue weighted by molar-refractivity contribution is -0.138. The summed E-state index contributed by atoms with van der Waals surface area (Å²) in [6.45, 7) is 0.623. The number of anilines is 3. The van der Waals surface area contributed by atoms with Gasteiger partial charge in [-0.05, 0) is 55.2 Å². The van der Waals surface area contributed by atoms with Gasteiger partial charge < -0.3 is 26.2 Å². The fourth-order valence-corrected chi connectivity index (χ4v) is 4.37. The number of aliphatic carboxylic acids is 1. The highest BCUT2D eigenvalue weighted by Gasteiger charge is 2.30. The Kier molecular flexibility index (Phi) is 5.43. The Morgan fingerprint density at radius 3 is 2.50 bits per heavy atom. The minimum absolute atomic E-state index is 0.00383. The van der Waals surface area contributed by atoms with Crippen LogP contribution in [0.4, 0.5) is 17.5 Å². The SMILES string of the molecule is Nc1nc(N)c2c(n1)OCCN(c1ccc([C@H]3CC[C@H](CC(=O)O)CC3)cc1)C2=O. The monoisotopic (exact) mass is 411 g/mol. The maximum Gasteiger partial charge on any atom is 0.303 e. The first-order valence-electron chi connectivity index (χ1n) is 10.1. The van der Waals surface area contributed by atoms with Crippen molar-refractivity contribution in [3.05, 3.63) is 35.4 Å². The molecule has 4 rings (SSSR count). The molecule has 0 bridgehead atoms. The van der Waals surface area contributed by atoms with Crippen LogP contribution >= 0.6 is 0 Å². The number of carbonyl (C=O) groups excluding carboxylic acids is 1. The lowest BCUT2D eigenvalue weighted by Crippen LogP contribution is -2.32. The van der Waals surface area contributed by atoms with E-state index in [0.717, 1.165) is 31.4 Å². The van der Waals surface area contributed by atoms with Gasteiger partial charge in [-0.15, -0.1) is 0 Å². The predicted octanol–water partition coefficient (Wildman–Crippen LogP) is 2.43. The molecule has 0 radical (unpaired) electrons. The maximum atomic E-state index is 13.1. The number of nitrogens with two attached hydrogens (primary N) is 2. The molecule has 1 saturated carbocycles. The Morgan fingerprint density at radius 1 is 1.13 bits per heavy atom. The Morgan fingerprint density at radius 2 is 1.83 bits per heavy atom. The summed E-state index contributed by atoms with van der Waals surface area (Å²) in [6.07, 6.45) is 4.08. The van der Waals surface area contributed by atoms with E-state index in [1.807, 2.05) is 24.3 Å². The van der Waals surface area contributed by atoms with Crippen LogP contribution in [-0.4, -0.2) is 40.1 Å². The number of aromatic nitrogens is 2. The standard InChI is InChI=1S/C21H25N5O4/c22-18-17-19(25-21(23)24-18)30-10-9-26(20(17)29)15-7-5-14(6-8-15)13-3-1-12(2-4-13)11-16(27)28/h5-8,12-13H,1-4,9-11H2,(H,27,28)(H4,22,23,24,25)/t12-,13-. The smallest absolute Gasteiger partial charge is 0.303 e. The molecule has 0 saturated heterocycles. The van der Waals surface area contributed by atoms with Gasteiger partial charge in [0.05, 0.1) is 6.54 Å². The van der Waals surface area contributed by atoms with Gasteiger partial charge in [0.2, 0.25) is 11.8 Å². The number of nitrogens with zero attached hydrogens (tertiary/aromatic N) is 3. The molecule has 5 N–H and O–H groups in total. The van der Waals surface area contributed by atoms with Crippen molar-refractivity contribution in [1.29, 1.82) is 0 Å². The molecule has 30 heavy (non-hydrogen) atoms. The zero-order valence-corrected chi connectivity index (χ0v) is 16.6. The van der Waals surface area contributed by atoms with E-state index in [1.54, 1.807) is 4.90 Å². The highest BCUT2D eigenvalue weighted by atomic mass is 16.5. The molecular formula is C21H25N5O4. The van der Waals surface area contributed by atoms with Crippen molar-refractivity contribution in [2.24, 2.45) is 5.92 Å². The molecule has 9 heteroatoms. The van der Waals surface area contributed by atoms with E-state index in [0.29, 0.717) is 12.5 Å². The van der Waals surface area contributed by atoms with E-state index in [2.05, 4.69) is 9.97 Å². The van der Waals surface area contributed by atoms with Crippen LogP contribution in [0.2, 0.25) is 0 Å². The largest absolute Gasteiger partial charge is 0.481 e. The summed E-state index contributed by atoms with van der Waals surface area (Å²) in [5.41, 5.74) is 13.6. The molecule has 0 atom stereocenters. The molecule has 1 aliphatic carbocycles. The number of hydrogen-bond donors (Lipinski definition) is 3. The third-order valence-corrected chi connectivity index (χ3v) is 5.92. The lowest BCUT2D eigenvalue weighted by atomic mass is 9.77. The van der Waals surface area contributed by atoms with Crippen molar-refractivity contribution in [2.45, 2.75) is 38.0 Å². The first-order valence-corrected chi connectivity index (χ1v) is 10.1. The van der Waals surface area contributed by atoms with E-state index < -0.39 is 5.97 Å². The number of benzene rings is 1. The quantitative estimate of drug-likeness (QED) is 0.695. The number of nitrogen functional groups attached to an aromatic ring is 2. The highest BCUT2D eigenvalue weighted by Crippen LogP contribution is 2.38. The van der Waals surface area contributed by atoms with Crippen LogP contribution in [-0.2, 0) is 4.79 Å². The summed E-state index contributed by atoms with van der Waals surface area (Å²) in [5, 5.41) is 8.97. The Labute approximate surface area is 174 Å². The van der Waals surface area contributed by atoms with E-state index in [1.165, 1.54) is 5.56 Å². The van der Waals surface area contributed by atoms with Crippen LogP contribution in [0.25, 0.3) is 0 Å². The van der Waals surface area contributed by atoms with Gasteiger partial charge in [0.15, 0.2) is 0 Å². The number of carbonyl (C=O) groups is 2. The van der Waals surface area contributed by atoms with Crippen molar-refractivity contribution >= 4 is 29.3 Å². The second-order valence-corrected chi connectivity index (χ2v) is 7.86. The van der Waals surface area contributed by atoms with Gasteiger partial charge in [-0.2, -0.15) is 9.97 Å². The van der Waals surface area contributed by atoms with Crippen LogP contribution in [0.5, 0.6) is 5.88 Å². The summed E-state index contributed by atoms with van der Waals surface area (Å²) in [4.78, 5) is 33.5. The number of carboxylic acid groups (broad SMARTS) is 1. The van der Waals surface area contributed by atoms with Gasteiger partial charge in [-0.1, -0.05) is 12.1 Å². The second-order valence-electron chi connectivity index (χ2n) is 7.86. The summed E-state index contributed by atoms with van der Waals surface area (Å²) in [6, 6.07) is 7.94. The van der Waals surface area contributed by atoms with Gasteiger partial charge in [-0.3, -0.25) is 9.59 Å². The van der Waals surface area contributed by atoms with Crippen molar-refractivity contribution < 1.29 is 19.4 Å². The minimum atomic E-state index is -0.718. The molecule has 1 fully saturated rings. The predicted molar refractivity (Wildman–Crippen MR) is 111 cm³/mol. The van der Waals surface area contributed by atoms with E-state index >= 15 is 0 Å². The molecular weight excluding hydrogens is 386 g/mol. The molecule has 0 spiro atoms. The minimum Gasteiger partial charge on any atom is -0.481 e. The van der Waals surface area contributed by atoms with Crippen LogP contribution in [0, 0.1) is 5.92 Å². The molecule has 158 valence electrons. The molecule has 1 aliphatic heterocycles. The zero-order chi connectivity index (χ0) is 21.3. The summed E-state index contributed by atoms with van der Waals surface area (Å²) in [7, 11) is 0. The number of ether oxygens (including phenoxy) is 1. The zero-order valence-electron chi connectivity index (χ0n) is 16.6. The number of amides is 1. The summed E-state index contributed by atoms with van der Waals surface area (Å²) < 4.78 is 5.57. The average molecular weight is 411 g/mol. The van der Waals surface area contributed by atoms with Gasteiger partial charge in [0.1, 0.15) is 18.0 Å². The Bertz CT molecular complexity index is 955. The van der Waals surface area contributed by atoms with Crippen molar-refractivity contribution in [3.8, 4) is 5.88 Å². The van der Waals surface area contributed by atoms with Crippen LogP contribution in [0.3, 0.4) is 0 Å². The van der Waals surface area contributed by atoms with Gasteiger partial charge >= 0.3 is 5.97 Å². The molecule has 2 aromatic rings. The molecule has 2 aliphatic rings. The summed E-state index contributed by atoms with van der Waals surface area (Å²) in [5.74, 6) is -0.262. The first kappa shape index (κ1) is 19.9. The van der Waals surface area contributed by atoms with Crippen LogP contribution in [0.1, 0.15) is 53.9 Å². The highest BCUT2D eigenvalue weighted by molar-refractivity contribution is 6.10. The van der Waals surface area contributed by atoms with Crippen LogP contribution < -0.4 is 21.1 Å². The Hall–Kier alpha value is -3.36. The average Bonchev–Trinajstić information content (AvgIpc) is 2.87. The van der Waals surface area contributed by atoms with Crippen molar-refractivity contribution in [1.82, 2.24) is 9.97 Å².